The summed E-state index contributed by atoms with van der Waals surface area (Å²) in [6.07, 6.45) is 0. The number of thiophene rings is 1. The highest BCUT2D eigenvalue weighted by Crippen LogP contribution is 2.45. The van der Waals surface area contributed by atoms with E-state index in [1.807, 2.05) is 31.4 Å². The number of anilines is 1. The lowest BCUT2D eigenvalue weighted by Crippen LogP contribution is -2.29. The first-order chi connectivity index (χ1) is 16.2. The van der Waals surface area contributed by atoms with E-state index in [-0.39, 0.29) is 11.3 Å². The van der Waals surface area contributed by atoms with Crippen molar-refractivity contribution in [3.8, 4) is 5.75 Å². The predicted molar refractivity (Wildman–Crippen MR) is 137 cm³/mol. The first kappa shape index (κ1) is 24.0. The maximum absolute atomic E-state index is 13.3. The van der Waals surface area contributed by atoms with Crippen molar-refractivity contribution in [2.24, 2.45) is 5.92 Å². The lowest BCUT2D eigenvalue weighted by molar-refractivity contribution is -0.132. The summed E-state index contributed by atoms with van der Waals surface area (Å²) < 4.78 is 5.84. The van der Waals surface area contributed by atoms with Crippen LogP contribution in [0.1, 0.15) is 41.5 Å². The van der Waals surface area contributed by atoms with Crippen molar-refractivity contribution in [1.29, 1.82) is 0 Å². The molecule has 1 saturated heterocycles. The van der Waals surface area contributed by atoms with Crippen LogP contribution in [0.5, 0.6) is 5.75 Å². The van der Waals surface area contributed by atoms with Crippen molar-refractivity contribution in [2.75, 3.05) is 11.5 Å². The highest BCUT2D eigenvalue weighted by molar-refractivity contribution is 7.10. The lowest BCUT2D eigenvalue weighted by atomic mass is 9.98. The number of ketones is 1. The van der Waals surface area contributed by atoms with Crippen LogP contribution >= 0.6 is 22.9 Å². The van der Waals surface area contributed by atoms with Crippen LogP contribution in [-0.4, -0.2) is 23.4 Å². The van der Waals surface area contributed by atoms with Crippen LogP contribution in [0.4, 0.5) is 5.69 Å². The van der Waals surface area contributed by atoms with Gasteiger partial charge in [-0.1, -0.05) is 37.6 Å². The number of hydrogen-bond donors (Lipinski definition) is 1. The number of aryl methyl sites for hydroxylation is 1. The van der Waals surface area contributed by atoms with Gasteiger partial charge in [0.2, 0.25) is 0 Å². The molecule has 1 aromatic heterocycles. The molecule has 0 spiro atoms. The minimum Gasteiger partial charge on any atom is -0.507 e. The van der Waals surface area contributed by atoms with Crippen LogP contribution in [0.2, 0.25) is 5.02 Å². The summed E-state index contributed by atoms with van der Waals surface area (Å²) in [7, 11) is 0. The average molecular weight is 496 g/mol. The van der Waals surface area contributed by atoms with Gasteiger partial charge in [-0.25, -0.2) is 0 Å². The normalized spacial score (nSPS) is 17.6. The number of carbonyl (C=O) groups excluding carboxylic acids is 2. The number of aliphatic hydroxyl groups excluding tert-OH is 1. The molecule has 0 saturated carbocycles. The van der Waals surface area contributed by atoms with E-state index in [1.54, 1.807) is 36.4 Å². The molecule has 2 aromatic carbocycles. The number of aliphatic hydroxyl groups is 1. The Morgan fingerprint density at radius 2 is 1.91 bits per heavy atom. The van der Waals surface area contributed by atoms with Gasteiger partial charge in [0.25, 0.3) is 11.7 Å². The molecule has 0 bridgehead atoms. The molecular formula is C27H26ClNO4S. The van der Waals surface area contributed by atoms with E-state index in [1.165, 1.54) is 16.2 Å². The molecule has 1 aliphatic heterocycles. The third kappa shape index (κ3) is 4.36. The van der Waals surface area contributed by atoms with Crippen LogP contribution < -0.4 is 9.64 Å². The van der Waals surface area contributed by atoms with Crippen molar-refractivity contribution in [3.05, 3.63) is 86.1 Å². The van der Waals surface area contributed by atoms with E-state index < -0.39 is 17.7 Å². The van der Waals surface area contributed by atoms with Crippen LogP contribution in [-0.2, 0) is 9.59 Å². The first-order valence-corrected chi connectivity index (χ1v) is 12.3. The number of rotatable bonds is 6. The van der Waals surface area contributed by atoms with E-state index in [2.05, 4.69) is 13.8 Å². The van der Waals surface area contributed by atoms with Crippen molar-refractivity contribution < 1.29 is 19.4 Å². The molecule has 1 aliphatic rings. The van der Waals surface area contributed by atoms with Gasteiger partial charge in [0, 0.05) is 21.2 Å². The molecule has 1 atom stereocenters. The molecule has 2 heterocycles. The minimum absolute atomic E-state index is 0.0575. The van der Waals surface area contributed by atoms with Crippen LogP contribution in [0.15, 0.2) is 59.5 Å². The summed E-state index contributed by atoms with van der Waals surface area (Å²) in [5.74, 6) is -0.538. The highest BCUT2D eigenvalue weighted by atomic mass is 35.5. The molecule has 176 valence electrons. The average Bonchev–Trinajstić information content (AvgIpc) is 3.41. The van der Waals surface area contributed by atoms with Crippen molar-refractivity contribution in [1.82, 2.24) is 0 Å². The summed E-state index contributed by atoms with van der Waals surface area (Å²) in [6.45, 7) is 8.41. The fourth-order valence-corrected chi connectivity index (χ4v) is 5.02. The number of nitrogens with zero attached hydrogens (tertiary/aromatic N) is 1. The zero-order chi connectivity index (χ0) is 24.6. The topological polar surface area (TPSA) is 66.8 Å². The highest BCUT2D eigenvalue weighted by Gasteiger charge is 2.47. The summed E-state index contributed by atoms with van der Waals surface area (Å²) in [4.78, 5) is 28.7. The molecule has 3 aromatic rings. The Bertz CT molecular complexity index is 1280. The van der Waals surface area contributed by atoms with E-state index >= 15 is 0 Å². The number of amides is 1. The fourth-order valence-electron chi connectivity index (χ4n) is 4.02. The second kappa shape index (κ2) is 9.65. The van der Waals surface area contributed by atoms with Crippen LogP contribution in [0.25, 0.3) is 5.76 Å². The zero-order valence-corrected chi connectivity index (χ0v) is 21.0. The number of carbonyl (C=O) groups is 2. The third-order valence-electron chi connectivity index (χ3n) is 5.78. The monoisotopic (exact) mass is 495 g/mol. The third-order valence-corrected chi connectivity index (χ3v) is 7.11. The SMILES string of the molecule is Cc1cc(/C(O)=C2/C(=O)C(=O)N(c3cccc(Cl)c3C)C2c2cccs2)ccc1OCC(C)C. The number of benzene rings is 2. The van der Waals surface area contributed by atoms with Gasteiger partial charge < -0.3 is 9.84 Å². The molecule has 4 rings (SSSR count). The number of halogens is 1. The Morgan fingerprint density at radius 1 is 1.15 bits per heavy atom. The van der Waals surface area contributed by atoms with E-state index in [0.29, 0.717) is 34.4 Å². The van der Waals surface area contributed by atoms with Gasteiger partial charge in [0.05, 0.1) is 12.2 Å². The first-order valence-electron chi connectivity index (χ1n) is 11.0. The Morgan fingerprint density at radius 3 is 2.56 bits per heavy atom. The molecule has 1 amide bonds. The van der Waals surface area contributed by atoms with Crippen molar-refractivity contribution in [2.45, 2.75) is 33.7 Å². The smallest absolute Gasteiger partial charge is 0.300 e. The van der Waals surface area contributed by atoms with Gasteiger partial charge in [-0.2, -0.15) is 0 Å². The van der Waals surface area contributed by atoms with Gasteiger partial charge in [-0.15, -0.1) is 11.3 Å². The van der Waals surface area contributed by atoms with E-state index in [0.717, 1.165) is 16.2 Å². The molecule has 5 nitrogen and oxygen atoms in total. The number of ether oxygens (including phenoxy) is 1. The molecule has 7 heteroatoms. The maximum atomic E-state index is 13.3. The predicted octanol–water partition coefficient (Wildman–Crippen LogP) is 6.68. The Hall–Kier alpha value is -3.09. The number of hydrogen-bond acceptors (Lipinski definition) is 5. The van der Waals surface area contributed by atoms with E-state index in [9.17, 15) is 14.7 Å². The van der Waals surface area contributed by atoms with Crippen molar-refractivity contribution >= 4 is 46.1 Å². The molecule has 0 aliphatic carbocycles. The largest absolute Gasteiger partial charge is 0.507 e. The Kier molecular flexibility index (Phi) is 6.82. The molecule has 0 radical (unpaired) electrons. The second-order valence-corrected chi connectivity index (χ2v) is 10.1. The van der Waals surface area contributed by atoms with Gasteiger partial charge >= 0.3 is 0 Å². The van der Waals surface area contributed by atoms with E-state index in [4.69, 9.17) is 16.3 Å². The van der Waals surface area contributed by atoms with Gasteiger partial charge in [0.15, 0.2) is 0 Å². The summed E-state index contributed by atoms with van der Waals surface area (Å²) >= 11 is 7.75. The molecular weight excluding hydrogens is 470 g/mol. The van der Waals surface area contributed by atoms with Gasteiger partial charge in [-0.3, -0.25) is 14.5 Å². The van der Waals surface area contributed by atoms with Crippen molar-refractivity contribution in [3.63, 3.8) is 0 Å². The van der Waals surface area contributed by atoms with Crippen LogP contribution in [0, 0.1) is 19.8 Å². The quantitative estimate of drug-likeness (QED) is 0.235. The summed E-state index contributed by atoms with van der Waals surface area (Å²) in [6, 6.07) is 13.5. The summed E-state index contributed by atoms with van der Waals surface area (Å²) in [5.41, 5.74) is 2.58. The molecule has 1 unspecified atom stereocenters. The fraction of sp³-hybridized carbons (Fsp3) is 0.259. The minimum atomic E-state index is -0.755. The lowest BCUT2D eigenvalue weighted by Gasteiger charge is -2.26. The molecule has 34 heavy (non-hydrogen) atoms. The summed E-state index contributed by atoms with van der Waals surface area (Å²) in [5, 5.41) is 13.7. The van der Waals surface area contributed by atoms with Crippen LogP contribution in [0.3, 0.4) is 0 Å². The Labute approximate surface area is 208 Å². The van der Waals surface area contributed by atoms with Gasteiger partial charge in [-0.05, 0) is 72.7 Å². The Balaban J connectivity index is 1.84. The second-order valence-electron chi connectivity index (χ2n) is 8.75. The molecule has 1 fully saturated rings. The van der Waals surface area contributed by atoms with Gasteiger partial charge in [0.1, 0.15) is 17.6 Å². The maximum Gasteiger partial charge on any atom is 0.300 e. The zero-order valence-electron chi connectivity index (χ0n) is 19.5. The standard InChI is InChI=1S/C27H26ClNO4S/c1-15(2)14-33-21-11-10-18(13-16(21)3)25(30)23-24(22-9-6-12-34-22)29(27(32)26(23)31)20-8-5-7-19(28)17(20)4/h5-13,15,24,30H,14H2,1-4H3/b25-23-. The number of Topliss-reactive ketones (excluding diaryl/α,β-unsaturated/α-hetero) is 1. The molecule has 1 N–H and O–H groups in total.